The molecule has 1 N–H and O–H groups in total. The van der Waals surface area contributed by atoms with Crippen LogP contribution in [0, 0.1) is 11.7 Å². The highest BCUT2D eigenvalue weighted by Crippen LogP contribution is 2.31. The Morgan fingerprint density at radius 2 is 2.03 bits per heavy atom. The smallest absolute Gasteiger partial charge is 0.307 e. The predicted molar refractivity (Wildman–Crippen MR) is 110 cm³/mol. The predicted octanol–water partition coefficient (Wildman–Crippen LogP) is 3.31. The van der Waals surface area contributed by atoms with Gasteiger partial charge in [0.1, 0.15) is 11.9 Å². The minimum absolute atomic E-state index is 0.0782. The summed E-state index contributed by atoms with van der Waals surface area (Å²) >= 11 is 0. The van der Waals surface area contributed by atoms with Crippen LogP contribution in [0.1, 0.15) is 51.0 Å². The number of fused-ring (bicyclic) bond motifs is 1. The number of nitrogens with zero attached hydrogens (tertiary/aromatic N) is 2. The minimum Gasteiger partial charge on any atom is -0.307 e. The van der Waals surface area contributed by atoms with Crippen LogP contribution in [-0.2, 0) is 4.79 Å². The Morgan fingerprint density at radius 3 is 2.76 bits per heavy atom. The molecule has 2 heterocycles. The molecule has 2 aromatic rings. The highest BCUT2D eigenvalue weighted by Gasteiger charge is 2.29. The van der Waals surface area contributed by atoms with Gasteiger partial charge in [0.25, 0.3) is 5.56 Å². The second-order valence-corrected chi connectivity index (χ2v) is 8.01. The van der Waals surface area contributed by atoms with Crippen LogP contribution in [0.15, 0.2) is 44.4 Å². The average molecular weight is 397 g/mol. The molecular formula is C22H24FN3O3. The van der Waals surface area contributed by atoms with E-state index in [1.807, 2.05) is 0 Å². The molecule has 7 heteroatoms. The Labute approximate surface area is 167 Å². The number of carbonyl (C=O) groups is 1. The van der Waals surface area contributed by atoms with Gasteiger partial charge in [-0.2, -0.15) is 0 Å². The molecule has 1 aromatic heterocycles. The minimum atomic E-state index is -0.858. The summed E-state index contributed by atoms with van der Waals surface area (Å²) in [5.41, 5.74) is -0.0950. The van der Waals surface area contributed by atoms with E-state index in [2.05, 4.69) is 9.98 Å². The lowest BCUT2D eigenvalue weighted by Crippen LogP contribution is -2.42. The van der Waals surface area contributed by atoms with E-state index >= 15 is 0 Å². The Bertz CT molecular complexity index is 1110. The Hall–Kier alpha value is -2.83. The summed E-state index contributed by atoms with van der Waals surface area (Å²) in [6.07, 6.45) is 9.43. The summed E-state index contributed by atoms with van der Waals surface area (Å²) in [6.45, 7) is 0.468. The van der Waals surface area contributed by atoms with Crippen molar-refractivity contribution in [2.45, 2.75) is 51.0 Å². The van der Waals surface area contributed by atoms with Crippen LogP contribution >= 0.6 is 0 Å². The van der Waals surface area contributed by atoms with Crippen LogP contribution < -0.4 is 11.2 Å². The number of Topliss-reactive ketones (excluding diaryl/α,β-unsaturated/α-hetero) is 1. The number of hydrogen-bond donors (Lipinski definition) is 1. The Kier molecular flexibility index (Phi) is 5.56. The molecule has 1 saturated carbocycles. The molecule has 2 aliphatic rings. The quantitative estimate of drug-likeness (QED) is 0.812. The third-order valence-electron chi connectivity index (χ3n) is 5.97. The molecule has 1 aliphatic carbocycles. The van der Waals surface area contributed by atoms with Crippen molar-refractivity contribution < 1.29 is 9.18 Å². The number of H-pyrrole nitrogens is 1. The fraction of sp³-hybridized carbons (Fsp3) is 0.455. The average Bonchev–Trinajstić information content (AvgIpc) is 3.21. The van der Waals surface area contributed by atoms with Crippen molar-refractivity contribution in [3.05, 3.63) is 56.5 Å². The molecule has 1 unspecified atom stereocenters. The van der Waals surface area contributed by atoms with Gasteiger partial charge in [0.2, 0.25) is 0 Å². The number of benzene rings is 1. The molecular weight excluding hydrogens is 373 g/mol. The number of aromatic amines is 1. The van der Waals surface area contributed by atoms with Gasteiger partial charge in [0.15, 0.2) is 5.78 Å². The number of rotatable bonds is 6. The lowest BCUT2D eigenvalue weighted by molar-refractivity contribution is -0.122. The summed E-state index contributed by atoms with van der Waals surface area (Å²) in [4.78, 5) is 45.8. The summed E-state index contributed by atoms with van der Waals surface area (Å²) in [7, 11) is 0. The van der Waals surface area contributed by atoms with E-state index in [1.54, 1.807) is 12.3 Å². The van der Waals surface area contributed by atoms with Crippen LogP contribution in [0.3, 0.4) is 0 Å². The number of ketones is 1. The first-order chi connectivity index (χ1) is 14.0. The van der Waals surface area contributed by atoms with Gasteiger partial charge in [-0.05, 0) is 42.2 Å². The van der Waals surface area contributed by atoms with E-state index in [9.17, 15) is 18.8 Å². The van der Waals surface area contributed by atoms with Crippen molar-refractivity contribution in [2.24, 2.45) is 10.9 Å². The third kappa shape index (κ3) is 4.13. The maximum atomic E-state index is 13.7. The molecule has 0 saturated heterocycles. The maximum Gasteiger partial charge on any atom is 0.329 e. The van der Waals surface area contributed by atoms with Crippen molar-refractivity contribution in [1.29, 1.82) is 0 Å². The zero-order chi connectivity index (χ0) is 20.4. The van der Waals surface area contributed by atoms with Crippen molar-refractivity contribution in [1.82, 2.24) is 9.55 Å². The van der Waals surface area contributed by atoms with Gasteiger partial charge in [-0.1, -0.05) is 32.1 Å². The van der Waals surface area contributed by atoms with E-state index < -0.39 is 23.1 Å². The van der Waals surface area contributed by atoms with Crippen LogP contribution in [0.5, 0.6) is 0 Å². The molecule has 0 spiro atoms. The zero-order valence-electron chi connectivity index (χ0n) is 16.2. The fourth-order valence-electron chi connectivity index (χ4n) is 4.44. The fourth-order valence-corrected chi connectivity index (χ4v) is 4.44. The summed E-state index contributed by atoms with van der Waals surface area (Å²) in [5.74, 6) is -0.437. The number of aromatic nitrogens is 2. The second kappa shape index (κ2) is 8.27. The van der Waals surface area contributed by atoms with E-state index in [4.69, 9.17) is 0 Å². The normalized spacial score (nSPS) is 18.2. The van der Waals surface area contributed by atoms with Gasteiger partial charge in [0, 0.05) is 12.6 Å². The number of hydrogen-bond acceptors (Lipinski definition) is 4. The van der Waals surface area contributed by atoms with Crippen LogP contribution in [-0.4, -0.2) is 28.1 Å². The Morgan fingerprint density at radius 1 is 1.24 bits per heavy atom. The van der Waals surface area contributed by atoms with Gasteiger partial charge in [-0.15, -0.1) is 0 Å². The summed E-state index contributed by atoms with van der Waals surface area (Å²) < 4.78 is 14.7. The lowest BCUT2D eigenvalue weighted by atomic mass is 9.83. The summed E-state index contributed by atoms with van der Waals surface area (Å²) in [6, 6.07) is 2.82. The highest BCUT2D eigenvalue weighted by atomic mass is 19.1. The maximum absolute atomic E-state index is 13.7. The highest BCUT2D eigenvalue weighted by molar-refractivity contribution is 5.87. The monoisotopic (exact) mass is 397 g/mol. The molecule has 1 atom stereocenters. The van der Waals surface area contributed by atoms with E-state index in [0.717, 1.165) is 41.9 Å². The number of halogens is 1. The van der Waals surface area contributed by atoms with Crippen molar-refractivity contribution in [3.63, 3.8) is 0 Å². The SMILES string of the molecule is O=C(CC1=CC=NC1)C(CC1CCCCC1)n1c(=O)[nH]c2ccc(F)cc2c1=O. The molecule has 29 heavy (non-hydrogen) atoms. The molecule has 1 aliphatic heterocycles. The lowest BCUT2D eigenvalue weighted by Gasteiger charge is -2.27. The number of nitrogens with one attached hydrogen (secondary N) is 1. The van der Waals surface area contributed by atoms with Gasteiger partial charge in [-0.25, -0.2) is 13.8 Å². The van der Waals surface area contributed by atoms with E-state index in [0.29, 0.717) is 18.9 Å². The third-order valence-corrected chi connectivity index (χ3v) is 5.97. The first-order valence-electron chi connectivity index (χ1n) is 10.2. The number of allylic oxidation sites excluding steroid dienone is 1. The molecule has 6 nitrogen and oxygen atoms in total. The van der Waals surface area contributed by atoms with E-state index in [-0.39, 0.29) is 23.1 Å². The summed E-state index contributed by atoms with van der Waals surface area (Å²) in [5, 5.41) is 0.0782. The first-order valence-corrected chi connectivity index (χ1v) is 10.2. The van der Waals surface area contributed by atoms with E-state index in [1.165, 1.54) is 18.6 Å². The molecule has 0 bridgehead atoms. The molecule has 0 radical (unpaired) electrons. The van der Waals surface area contributed by atoms with Crippen LogP contribution in [0.2, 0.25) is 0 Å². The van der Waals surface area contributed by atoms with Crippen molar-refractivity contribution in [3.8, 4) is 0 Å². The van der Waals surface area contributed by atoms with Gasteiger partial charge in [0.05, 0.1) is 17.4 Å². The molecule has 4 rings (SSSR count). The van der Waals surface area contributed by atoms with Gasteiger partial charge >= 0.3 is 5.69 Å². The van der Waals surface area contributed by atoms with Gasteiger partial charge < -0.3 is 4.98 Å². The molecule has 1 fully saturated rings. The Balaban J connectivity index is 1.75. The number of aliphatic imine (C=N–C) groups is 1. The van der Waals surface area contributed by atoms with Crippen molar-refractivity contribution in [2.75, 3.05) is 6.54 Å². The van der Waals surface area contributed by atoms with Crippen LogP contribution in [0.25, 0.3) is 10.9 Å². The zero-order valence-corrected chi connectivity index (χ0v) is 16.2. The molecule has 1 aromatic carbocycles. The second-order valence-electron chi connectivity index (χ2n) is 8.01. The molecule has 152 valence electrons. The number of carbonyl (C=O) groups excluding carboxylic acids is 1. The van der Waals surface area contributed by atoms with Gasteiger partial charge in [-0.3, -0.25) is 14.6 Å². The standard InChI is InChI=1S/C22H24FN3O3/c23-16-6-7-18-17(12-16)21(28)26(22(29)25-18)19(10-14-4-2-1-3-5-14)20(27)11-15-8-9-24-13-15/h6-9,12,14,19H,1-5,10-11,13H2,(H,25,29). The first kappa shape index (κ1) is 19.5. The molecule has 0 amide bonds. The topological polar surface area (TPSA) is 84.3 Å². The van der Waals surface area contributed by atoms with Crippen molar-refractivity contribution >= 4 is 22.9 Å². The largest absolute Gasteiger partial charge is 0.329 e. The van der Waals surface area contributed by atoms with Crippen LogP contribution in [0.4, 0.5) is 4.39 Å².